The van der Waals surface area contributed by atoms with Crippen molar-refractivity contribution >= 4 is 22.6 Å². The number of phenolic OH excluding ortho intramolecular Hbond substituents is 1. The van der Waals surface area contributed by atoms with E-state index in [1.54, 1.807) is 53.4 Å². The number of hydrogen-bond acceptors (Lipinski definition) is 6. The molecule has 36 heavy (non-hydrogen) atoms. The second-order valence-electron chi connectivity index (χ2n) is 8.77. The van der Waals surface area contributed by atoms with Gasteiger partial charge in [-0.1, -0.05) is 6.07 Å². The third-order valence-electron chi connectivity index (χ3n) is 6.51. The van der Waals surface area contributed by atoms with Gasteiger partial charge in [0.25, 0.3) is 5.91 Å². The summed E-state index contributed by atoms with van der Waals surface area (Å²) in [5, 5.41) is 10.7. The van der Waals surface area contributed by atoms with Crippen molar-refractivity contribution in [2.75, 3.05) is 18.1 Å². The molecule has 5 rings (SSSR count). The van der Waals surface area contributed by atoms with Crippen molar-refractivity contribution in [2.45, 2.75) is 33.7 Å². The number of nitrogens with zero attached hydrogens (tertiary/aromatic N) is 1. The summed E-state index contributed by atoms with van der Waals surface area (Å²) >= 11 is 0. The number of fused-ring (bicyclic) bond motifs is 2. The van der Waals surface area contributed by atoms with E-state index in [1.165, 1.54) is 6.07 Å². The first-order valence-electron chi connectivity index (χ1n) is 11.9. The van der Waals surface area contributed by atoms with E-state index in [2.05, 4.69) is 0 Å². The predicted octanol–water partition coefficient (Wildman–Crippen LogP) is 5.66. The maximum absolute atomic E-state index is 13.9. The Hall–Kier alpha value is -4.26. The molecule has 0 bridgehead atoms. The van der Waals surface area contributed by atoms with Crippen LogP contribution in [0.1, 0.15) is 52.7 Å². The van der Waals surface area contributed by atoms with Crippen LogP contribution in [0.5, 0.6) is 17.2 Å². The van der Waals surface area contributed by atoms with Gasteiger partial charge < -0.3 is 19.0 Å². The normalized spacial score (nSPS) is 14.8. The van der Waals surface area contributed by atoms with Crippen LogP contribution in [0.25, 0.3) is 11.0 Å². The predicted molar refractivity (Wildman–Crippen MR) is 137 cm³/mol. The van der Waals surface area contributed by atoms with Gasteiger partial charge in [-0.25, -0.2) is 0 Å². The fraction of sp³-hybridized carbons (Fsp3) is 0.241. The molecule has 4 aromatic rings. The molecular weight excluding hydrogens is 458 g/mol. The van der Waals surface area contributed by atoms with Gasteiger partial charge in [-0.2, -0.15) is 0 Å². The molecule has 1 atom stereocenters. The molecule has 0 fully saturated rings. The van der Waals surface area contributed by atoms with Gasteiger partial charge in [0.2, 0.25) is 5.76 Å². The Morgan fingerprint density at radius 1 is 0.917 bits per heavy atom. The number of hydrogen-bond donors (Lipinski definition) is 1. The summed E-state index contributed by atoms with van der Waals surface area (Å²) in [6.45, 7) is 8.46. The number of carbonyl (C=O) groups excluding carboxylic acids is 1. The van der Waals surface area contributed by atoms with E-state index < -0.39 is 11.9 Å². The van der Waals surface area contributed by atoms with Crippen LogP contribution < -0.4 is 19.8 Å². The van der Waals surface area contributed by atoms with Crippen LogP contribution in [0.4, 0.5) is 5.69 Å². The number of amides is 1. The molecule has 2 heterocycles. The summed E-state index contributed by atoms with van der Waals surface area (Å²) in [6, 6.07) is 14.8. The SMILES string of the molecule is CCOc1ccc(N2C(=O)c3oc4cc(C)c(C)cc4c(=O)c3C2c2ccc(O)c(OCC)c2)cc1. The molecule has 1 aliphatic heterocycles. The number of aryl methyl sites for hydroxylation is 2. The molecule has 0 spiro atoms. The lowest BCUT2D eigenvalue weighted by atomic mass is 9.97. The molecule has 1 amide bonds. The Morgan fingerprint density at radius 2 is 1.61 bits per heavy atom. The lowest BCUT2D eigenvalue weighted by molar-refractivity contribution is 0.0971. The Morgan fingerprint density at radius 3 is 2.31 bits per heavy atom. The molecule has 0 saturated carbocycles. The molecule has 1 aromatic heterocycles. The Kier molecular flexibility index (Phi) is 5.92. The highest BCUT2D eigenvalue weighted by atomic mass is 16.5. The van der Waals surface area contributed by atoms with E-state index in [4.69, 9.17) is 13.9 Å². The first-order chi connectivity index (χ1) is 17.3. The number of ether oxygens (including phenoxy) is 2. The van der Waals surface area contributed by atoms with Gasteiger partial charge in [0.15, 0.2) is 16.9 Å². The third kappa shape index (κ3) is 3.77. The summed E-state index contributed by atoms with van der Waals surface area (Å²) in [5.41, 5.74) is 3.51. The number of carbonyl (C=O) groups is 1. The number of phenols is 1. The summed E-state index contributed by atoms with van der Waals surface area (Å²) in [5.74, 6) is 0.535. The first kappa shape index (κ1) is 23.5. The van der Waals surface area contributed by atoms with Gasteiger partial charge >= 0.3 is 0 Å². The third-order valence-corrected chi connectivity index (χ3v) is 6.51. The number of anilines is 1. The van der Waals surface area contributed by atoms with Gasteiger partial charge in [-0.3, -0.25) is 14.5 Å². The van der Waals surface area contributed by atoms with Gasteiger partial charge in [0, 0.05) is 5.69 Å². The summed E-state index contributed by atoms with van der Waals surface area (Å²) in [6.07, 6.45) is 0. The highest BCUT2D eigenvalue weighted by Gasteiger charge is 2.44. The Bertz CT molecular complexity index is 1540. The second kappa shape index (κ2) is 9.07. The monoisotopic (exact) mass is 485 g/mol. The Labute approximate surface area is 208 Å². The molecule has 7 nitrogen and oxygen atoms in total. The minimum Gasteiger partial charge on any atom is -0.504 e. The second-order valence-corrected chi connectivity index (χ2v) is 8.77. The average Bonchev–Trinajstić information content (AvgIpc) is 3.15. The van der Waals surface area contributed by atoms with E-state index >= 15 is 0 Å². The van der Waals surface area contributed by atoms with Crippen LogP contribution in [-0.4, -0.2) is 24.2 Å². The van der Waals surface area contributed by atoms with E-state index in [1.807, 2.05) is 27.7 Å². The lowest BCUT2D eigenvalue weighted by Gasteiger charge is -2.26. The maximum Gasteiger partial charge on any atom is 0.295 e. The summed E-state index contributed by atoms with van der Waals surface area (Å²) < 4.78 is 17.3. The molecule has 7 heteroatoms. The van der Waals surface area contributed by atoms with Crippen molar-refractivity contribution in [3.05, 3.63) is 92.8 Å². The lowest BCUT2D eigenvalue weighted by Crippen LogP contribution is -2.29. The van der Waals surface area contributed by atoms with Gasteiger partial charge in [-0.15, -0.1) is 0 Å². The topological polar surface area (TPSA) is 89.2 Å². The zero-order valence-electron chi connectivity index (χ0n) is 20.6. The average molecular weight is 486 g/mol. The Balaban J connectivity index is 1.76. The van der Waals surface area contributed by atoms with Crippen LogP contribution in [0.3, 0.4) is 0 Å². The number of rotatable bonds is 6. The molecule has 1 N–H and O–H groups in total. The number of aromatic hydroxyl groups is 1. The van der Waals surface area contributed by atoms with Crippen LogP contribution in [0.2, 0.25) is 0 Å². The highest BCUT2D eigenvalue weighted by molar-refractivity contribution is 6.10. The minimum absolute atomic E-state index is 0.0145. The fourth-order valence-electron chi connectivity index (χ4n) is 4.65. The molecule has 0 aliphatic carbocycles. The zero-order chi connectivity index (χ0) is 25.6. The molecule has 184 valence electrons. The highest BCUT2D eigenvalue weighted by Crippen LogP contribution is 2.43. The van der Waals surface area contributed by atoms with Gasteiger partial charge in [-0.05, 0) is 92.9 Å². The van der Waals surface area contributed by atoms with Crippen LogP contribution in [0.15, 0.2) is 63.8 Å². The summed E-state index contributed by atoms with van der Waals surface area (Å²) in [4.78, 5) is 29.2. The number of benzene rings is 3. The quantitative estimate of drug-likeness (QED) is 0.379. The van der Waals surface area contributed by atoms with Crippen molar-refractivity contribution in [3.8, 4) is 17.2 Å². The van der Waals surface area contributed by atoms with Crippen molar-refractivity contribution in [2.24, 2.45) is 0 Å². The van der Waals surface area contributed by atoms with Crippen molar-refractivity contribution in [3.63, 3.8) is 0 Å². The molecular formula is C29H27NO6. The smallest absolute Gasteiger partial charge is 0.295 e. The first-order valence-corrected chi connectivity index (χ1v) is 11.9. The fourth-order valence-corrected chi connectivity index (χ4v) is 4.65. The van der Waals surface area contributed by atoms with E-state index in [0.29, 0.717) is 41.2 Å². The van der Waals surface area contributed by atoms with E-state index in [0.717, 1.165) is 11.1 Å². The maximum atomic E-state index is 13.9. The molecule has 0 saturated heterocycles. The van der Waals surface area contributed by atoms with Crippen molar-refractivity contribution in [1.82, 2.24) is 0 Å². The summed E-state index contributed by atoms with van der Waals surface area (Å²) in [7, 11) is 0. The molecule has 3 aromatic carbocycles. The van der Waals surface area contributed by atoms with Gasteiger partial charge in [0.1, 0.15) is 11.3 Å². The molecule has 1 aliphatic rings. The minimum atomic E-state index is -0.771. The van der Waals surface area contributed by atoms with E-state index in [-0.39, 0.29) is 28.3 Å². The molecule has 0 radical (unpaired) electrons. The van der Waals surface area contributed by atoms with Crippen LogP contribution in [0, 0.1) is 13.8 Å². The van der Waals surface area contributed by atoms with E-state index in [9.17, 15) is 14.7 Å². The standard InChI is InChI=1S/C29H27NO6/c1-5-34-20-10-8-19(9-11-20)30-26(18-7-12-22(31)24(15-18)35-6-2)25-27(32)21-13-16(3)17(4)14-23(21)36-28(25)29(30)33/h7-15,26,31H,5-6H2,1-4H3. The zero-order valence-corrected chi connectivity index (χ0v) is 20.6. The van der Waals surface area contributed by atoms with Gasteiger partial charge in [0.05, 0.1) is 30.2 Å². The largest absolute Gasteiger partial charge is 0.504 e. The van der Waals surface area contributed by atoms with Crippen molar-refractivity contribution < 1.29 is 23.8 Å². The van der Waals surface area contributed by atoms with Crippen molar-refractivity contribution in [1.29, 1.82) is 0 Å². The van der Waals surface area contributed by atoms with Crippen LogP contribution >= 0.6 is 0 Å². The molecule has 1 unspecified atom stereocenters. The van der Waals surface area contributed by atoms with Crippen LogP contribution in [-0.2, 0) is 0 Å².